The Hall–Kier alpha value is -1.18. The van der Waals surface area contributed by atoms with Gasteiger partial charge in [0.1, 0.15) is 0 Å². The molecule has 0 spiro atoms. The molecule has 0 amide bonds. The molecule has 0 aliphatic carbocycles. The van der Waals surface area contributed by atoms with E-state index in [1.54, 1.807) is 14.2 Å². The third kappa shape index (κ3) is 6.56. The second-order valence-electron chi connectivity index (χ2n) is 6.37. The molecule has 1 heterocycles. The number of aliphatic imine (C=N–C) groups is 1. The monoisotopic (exact) mass is 461 g/mol. The molecule has 1 aromatic carbocycles. The van der Waals surface area contributed by atoms with Gasteiger partial charge in [0.25, 0.3) is 0 Å². The van der Waals surface area contributed by atoms with Crippen molar-refractivity contribution in [2.45, 2.75) is 33.1 Å². The Kier molecular flexibility index (Phi) is 10.0. The first-order valence-electron chi connectivity index (χ1n) is 8.92. The third-order valence-corrected chi connectivity index (χ3v) is 4.40. The van der Waals surface area contributed by atoms with Crippen molar-refractivity contribution >= 4 is 29.9 Å². The number of guanidine groups is 1. The van der Waals surface area contributed by atoms with E-state index in [1.807, 2.05) is 12.1 Å². The quantitative estimate of drug-likeness (QED) is 0.400. The van der Waals surface area contributed by atoms with Gasteiger partial charge in [-0.15, -0.1) is 24.0 Å². The summed E-state index contributed by atoms with van der Waals surface area (Å²) in [5.41, 5.74) is 1.21. The Morgan fingerprint density at radius 3 is 2.68 bits per heavy atom. The van der Waals surface area contributed by atoms with Gasteiger partial charge in [-0.2, -0.15) is 0 Å². The fourth-order valence-electron chi connectivity index (χ4n) is 3.13. The first-order valence-corrected chi connectivity index (χ1v) is 8.92. The van der Waals surface area contributed by atoms with Crippen LogP contribution in [0.5, 0.6) is 11.5 Å². The van der Waals surface area contributed by atoms with E-state index in [0.29, 0.717) is 0 Å². The molecule has 1 aromatic rings. The largest absolute Gasteiger partial charge is 0.493 e. The zero-order chi connectivity index (χ0) is 17.4. The number of benzene rings is 1. The molecule has 0 radical (unpaired) electrons. The van der Waals surface area contributed by atoms with Crippen LogP contribution in [0.3, 0.4) is 0 Å². The fraction of sp³-hybridized carbons (Fsp3) is 0.632. The van der Waals surface area contributed by atoms with Crippen LogP contribution >= 0.6 is 24.0 Å². The predicted molar refractivity (Wildman–Crippen MR) is 115 cm³/mol. The summed E-state index contributed by atoms with van der Waals surface area (Å²) in [4.78, 5) is 7.22. The standard InChI is InChI=1S/C19H31N3O2.HI/c1-5-20-19(22-12-6-7-15(2)14-22)21-11-10-16-8-9-17(23-3)18(13-16)24-4;/h8-9,13,15H,5-7,10-12,14H2,1-4H3,(H,20,21);1H. The molecule has 1 fully saturated rings. The van der Waals surface area contributed by atoms with E-state index in [4.69, 9.17) is 14.5 Å². The summed E-state index contributed by atoms with van der Waals surface area (Å²) >= 11 is 0. The predicted octanol–water partition coefficient (Wildman–Crippen LogP) is 3.56. The van der Waals surface area contributed by atoms with Crippen molar-refractivity contribution < 1.29 is 9.47 Å². The van der Waals surface area contributed by atoms with Gasteiger partial charge >= 0.3 is 0 Å². The summed E-state index contributed by atoms with van der Waals surface area (Å²) in [7, 11) is 3.32. The summed E-state index contributed by atoms with van der Waals surface area (Å²) in [5, 5.41) is 3.43. The molecular weight excluding hydrogens is 429 g/mol. The van der Waals surface area contributed by atoms with Gasteiger partial charge in [-0.05, 0) is 49.8 Å². The van der Waals surface area contributed by atoms with E-state index >= 15 is 0 Å². The first kappa shape index (κ1) is 21.9. The highest BCUT2D eigenvalue weighted by atomic mass is 127. The van der Waals surface area contributed by atoms with Crippen LogP contribution in [-0.4, -0.2) is 51.3 Å². The Bertz CT molecular complexity index is 551. The van der Waals surface area contributed by atoms with E-state index in [1.165, 1.54) is 18.4 Å². The maximum Gasteiger partial charge on any atom is 0.193 e. The summed E-state index contributed by atoms with van der Waals surface area (Å²) < 4.78 is 10.7. The van der Waals surface area contributed by atoms with Gasteiger partial charge in [0.15, 0.2) is 17.5 Å². The van der Waals surface area contributed by atoms with Gasteiger partial charge < -0.3 is 19.7 Å². The lowest BCUT2D eigenvalue weighted by Crippen LogP contribution is -2.46. The van der Waals surface area contributed by atoms with Crippen molar-refractivity contribution in [1.29, 1.82) is 0 Å². The van der Waals surface area contributed by atoms with Crippen molar-refractivity contribution in [3.05, 3.63) is 23.8 Å². The highest BCUT2D eigenvalue weighted by molar-refractivity contribution is 14.0. The number of hydrogen-bond donors (Lipinski definition) is 1. The second kappa shape index (κ2) is 11.4. The molecule has 1 aliphatic heterocycles. The fourth-order valence-corrected chi connectivity index (χ4v) is 3.13. The molecule has 1 saturated heterocycles. The molecular formula is C19H32IN3O2. The molecule has 1 atom stereocenters. The highest BCUT2D eigenvalue weighted by Gasteiger charge is 2.18. The number of piperidine rings is 1. The first-order chi connectivity index (χ1) is 11.7. The number of halogens is 1. The molecule has 142 valence electrons. The van der Waals surface area contributed by atoms with Crippen molar-refractivity contribution in [1.82, 2.24) is 10.2 Å². The smallest absolute Gasteiger partial charge is 0.193 e. The minimum absolute atomic E-state index is 0. The molecule has 0 saturated carbocycles. The van der Waals surface area contributed by atoms with E-state index in [-0.39, 0.29) is 24.0 Å². The van der Waals surface area contributed by atoms with Gasteiger partial charge in [0, 0.05) is 26.2 Å². The van der Waals surface area contributed by atoms with Crippen LogP contribution in [0, 0.1) is 5.92 Å². The maximum absolute atomic E-state index is 5.37. The number of nitrogens with one attached hydrogen (secondary N) is 1. The second-order valence-corrected chi connectivity index (χ2v) is 6.37. The minimum atomic E-state index is 0. The van der Waals surface area contributed by atoms with Crippen molar-refractivity contribution in [3.63, 3.8) is 0 Å². The molecule has 2 rings (SSSR count). The number of methoxy groups -OCH3 is 2. The molecule has 25 heavy (non-hydrogen) atoms. The van der Waals surface area contributed by atoms with E-state index in [9.17, 15) is 0 Å². The number of rotatable bonds is 6. The Morgan fingerprint density at radius 1 is 1.28 bits per heavy atom. The molecule has 1 unspecified atom stereocenters. The zero-order valence-corrected chi connectivity index (χ0v) is 18.2. The molecule has 1 aliphatic rings. The van der Waals surface area contributed by atoms with Gasteiger partial charge in [0.05, 0.1) is 14.2 Å². The van der Waals surface area contributed by atoms with E-state index < -0.39 is 0 Å². The summed E-state index contributed by atoms with van der Waals surface area (Å²) in [6.07, 6.45) is 3.46. The summed E-state index contributed by atoms with van der Waals surface area (Å²) in [6.45, 7) is 8.31. The number of likely N-dealkylation sites (tertiary alicyclic amines) is 1. The van der Waals surface area contributed by atoms with Gasteiger partial charge in [0.2, 0.25) is 0 Å². The maximum atomic E-state index is 5.37. The molecule has 5 nitrogen and oxygen atoms in total. The Morgan fingerprint density at radius 2 is 2.04 bits per heavy atom. The van der Waals surface area contributed by atoms with Crippen molar-refractivity contribution in [2.75, 3.05) is 40.4 Å². The van der Waals surface area contributed by atoms with Gasteiger partial charge in [-0.1, -0.05) is 13.0 Å². The van der Waals surface area contributed by atoms with Gasteiger partial charge in [-0.25, -0.2) is 0 Å². The third-order valence-electron chi connectivity index (χ3n) is 4.40. The molecule has 1 N–H and O–H groups in total. The average molecular weight is 461 g/mol. The van der Waals surface area contributed by atoms with Crippen LogP contribution in [0.1, 0.15) is 32.3 Å². The lowest BCUT2D eigenvalue weighted by atomic mass is 10.0. The van der Waals surface area contributed by atoms with Crippen LogP contribution < -0.4 is 14.8 Å². The van der Waals surface area contributed by atoms with Crippen LogP contribution in [0.25, 0.3) is 0 Å². The van der Waals surface area contributed by atoms with Crippen molar-refractivity contribution in [3.8, 4) is 11.5 Å². The summed E-state index contributed by atoms with van der Waals surface area (Å²) in [6, 6.07) is 6.06. The van der Waals surface area contributed by atoms with Crippen LogP contribution in [0.4, 0.5) is 0 Å². The molecule has 0 aromatic heterocycles. The highest BCUT2D eigenvalue weighted by Crippen LogP contribution is 2.27. The van der Waals surface area contributed by atoms with E-state index in [0.717, 1.165) is 56.0 Å². The molecule has 6 heteroatoms. The number of nitrogens with zero attached hydrogens (tertiary/aromatic N) is 2. The summed E-state index contributed by atoms with van der Waals surface area (Å²) in [5.74, 6) is 3.33. The SMILES string of the molecule is CCNC(=NCCc1ccc(OC)c(OC)c1)N1CCCC(C)C1.I. The Balaban J connectivity index is 0.00000312. The van der Waals surface area contributed by atoms with Crippen LogP contribution in [0.2, 0.25) is 0 Å². The van der Waals surface area contributed by atoms with Crippen LogP contribution in [0.15, 0.2) is 23.2 Å². The lowest BCUT2D eigenvalue weighted by Gasteiger charge is -2.33. The normalized spacial score (nSPS) is 17.7. The van der Waals surface area contributed by atoms with Crippen LogP contribution in [-0.2, 0) is 6.42 Å². The topological polar surface area (TPSA) is 46.1 Å². The number of ether oxygens (including phenoxy) is 2. The van der Waals surface area contributed by atoms with Gasteiger partial charge in [-0.3, -0.25) is 4.99 Å². The van der Waals surface area contributed by atoms with Crippen molar-refractivity contribution in [2.24, 2.45) is 10.9 Å². The van der Waals surface area contributed by atoms with E-state index in [2.05, 4.69) is 30.1 Å². The minimum Gasteiger partial charge on any atom is -0.493 e. The average Bonchev–Trinajstić information content (AvgIpc) is 2.60. The molecule has 0 bridgehead atoms. The lowest BCUT2D eigenvalue weighted by molar-refractivity contribution is 0.266. The number of hydrogen-bond acceptors (Lipinski definition) is 3. The zero-order valence-electron chi connectivity index (χ0n) is 15.9. The Labute approximate surface area is 169 Å².